The summed E-state index contributed by atoms with van der Waals surface area (Å²) in [5.74, 6) is -0.335. The highest BCUT2D eigenvalue weighted by molar-refractivity contribution is 5.96. The third kappa shape index (κ3) is 2.66. The molecule has 0 atom stereocenters. The van der Waals surface area contributed by atoms with Crippen molar-refractivity contribution in [1.82, 2.24) is 0 Å². The first-order valence-corrected chi connectivity index (χ1v) is 7.82. The second-order valence-corrected chi connectivity index (χ2v) is 5.49. The van der Waals surface area contributed by atoms with Gasteiger partial charge in [0.2, 0.25) is 22.7 Å². The SMILES string of the molecule is COc1c(O)cccc1-c1coc2c(OC)c(OC)c(OC)c(O)c2c1=O. The van der Waals surface area contributed by atoms with Gasteiger partial charge in [-0.1, -0.05) is 12.1 Å². The van der Waals surface area contributed by atoms with Gasteiger partial charge in [0, 0.05) is 5.56 Å². The molecule has 2 aromatic carbocycles. The summed E-state index contributed by atoms with van der Waals surface area (Å²) in [6, 6.07) is 4.58. The van der Waals surface area contributed by atoms with E-state index in [-0.39, 0.29) is 45.3 Å². The second-order valence-electron chi connectivity index (χ2n) is 5.49. The summed E-state index contributed by atoms with van der Waals surface area (Å²) in [4.78, 5) is 13.2. The summed E-state index contributed by atoms with van der Waals surface area (Å²) in [5, 5.41) is 20.4. The van der Waals surface area contributed by atoms with Crippen molar-refractivity contribution in [3.8, 4) is 45.6 Å². The Morgan fingerprint density at radius 1 is 0.815 bits per heavy atom. The molecule has 0 saturated heterocycles. The number of benzene rings is 2. The lowest BCUT2D eigenvalue weighted by atomic mass is 10.0. The van der Waals surface area contributed by atoms with Gasteiger partial charge in [0.05, 0.1) is 34.0 Å². The predicted octanol–water partition coefficient (Wildman–Crippen LogP) is 2.91. The molecule has 0 unspecified atom stereocenters. The van der Waals surface area contributed by atoms with Crippen LogP contribution in [0.5, 0.6) is 34.5 Å². The number of para-hydroxylation sites is 1. The van der Waals surface area contributed by atoms with Gasteiger partial charge < -0.3 is 33.6 Å². The van der Waals surface area contributed by atoms with Crippen molar-refractivity contribution in [2.24, 2.45) is 0 Å². The van der Waals surface area contributed by atoms with Crippen molar-refractivity contribution in [1.29, 1.82) is 0 Å². The highest BCUT2D eigenvalue weighted by atomic mass is 16.5. The van der Waals surface area contributed by atoms with Crippen LogP contribution in [0.1, 0.15) is 0 Å². The van der Waals surface area contributed by atoms with Crippen LogP contribution in [0.25, 0.3) is 22.1 Å². The van der Waals surface area contributed by atoms with Gasteiger partial charge in [-0.3, -0.25) is 4.79 Å². The Balaban J connectivity index is 2.45. The smallest absolute Gasteiger partial charge is 0.211 e. The van der Waals surface area contributed by atoms with Gasteiger partial charge in [0.25, 0.3) is 0 Å². The quantitative estimate of drug-likeness (QED) is 0.702. The van der Waals surface area contributed by atoms with E-state index in [0.717, 1.165) is 0 Å². The number of phenols is 2. The van der Waals surface area contributed by atoms with Crippen molar-refractivity contribution in [2.75, 3.05) is 28.4 Å². The lowest BCUT2D eigenvalue weighted by molar-refractivity contribution is 0.311. The minimum atomic E-state index is -0.558. The number of aromatic hydroxyl groups is 2. The fraction of sp³-hybridized carbons (Fsp3) is 0.211. The Hall–Kier alpha value is -3.55. The molecule has 0 fully saturated rings. The van der Waals surface area contributed by atoms with Crippen LogP contribution in [0.4, 0.5) is 0 Å². The van der Waals surface area contributed by atoms with Crippen molar-refractivity contribution in [3.05, 3.63) is 34.7 Å². The minimum Gasteiger partial charge on any atom is -0.504 e. The number of phenolic OH excluding ortho intramolecular Hbond substituents is 2. The van der Waals surface area contributed by atoms with Crippen LogP contribution in [-0.4, -0.2) is 38.7 Å². The number of hydrogen-bond acceptors (Lipinski definition) is 8. The van der Waals surface area contributed by atoms with E-state index in [1.807, 2.05) is 0 Å². The van der Waals surface area contributed by atoms with Crippen LogP contribution >= 0.6 is 0 Å². The zero-order chi connectivity index (χ0) is 19.7. The minimum absolute atomic E-state index is 0.000481. The van der Waals surface area contributed by atoms with Crippen molar-refractivity contribution in [3.63, 3.8) is 0 Å². The maximum atomic E-state index is 13.2. The molecule has 0 aliphatic carbocycles. The van der Waals surface area contributed by atoms with E-state index < -0.39 is 11.2 Å². The van der Waals surface area contributed by atoms with E-state index in [9.17, 15) is 15.0 Å². The molecule has 3 rings (SSSR count). The van der Waals surface area contributed by atoms with Crippen LogP contribution in [0.2, 0.25) is 0 Å². The lowest BCUT2D eigenvalue weighted by Crippen LogP contribution is -2.08. The Morgan fingerprint density at radius 2 is 1.44 bits per heavy atom. The monoisotopic (exact) mass is 374 g/mol. The molecule has 0 aliphatic rings. The van der Waals surface area contributed by atoms with Gasteiger partial charge >= 0.3 is 0 Å². The molecule has 2 N–H and O–H groups in total. The summed E-state index contributed by atoms with van der Waals surface area (Å²) < 4.78 is 26.5. The maximum absolute atomic E-state index is 13.2. The first-order chi connectivity index (χ1) is 13.0. The Morgan fingerprint density at radius 3 is 2.04 bits per heavy atom. The van der Waals surface area contributed by atoms with Gasteiger partial charge in [0.15, 0.2) is 22.8 Å². The molecular formula is C19H18O8. The topological polar surface area (TPSA) is 108 Å². The van der Waals surface area contributed by atoms with E-state index in [1.165, 1.54) is 40.8 Å². The van der Waals surface area contributed by atoms with Crippen molar-refractivity contribution < 1.29 is 33.6 Å². The van der Waals surface area contributed by atoms with E-state index in [2.05, 4.69) is 0 Å². The molecule has 8 heteroatoms. The first-order valence-electron chi connectivity index (χ1n) is 7.82. The highest BCUT2D eigenvalue weighted by Crippen LogP contribution is 2.50. The van der Waals surface area contributed by atoms with Crippen LogP contribution < -0.4 is 24.4 Å². The molecule has 8 nitrogen and oxygen atoms in total. The summed E-state index contributed by atoms with van der Waals surface area (Å²) in [6.45, 7) is 0. The van der Waals surface area contributed by atoms with E-state index in [1.54, 1.807) is 12.1 Å². The summed E-state index contributed by atoms with van der Waals surface area (Å²) in [7, 11) is 5.44. The molecule has 0 saturated carbocycles. The number of rotatable bonds is 5. The molecule has 1 aromatic heterocycles. The molecule has 27 heavy (non-hydrogen) atoms. The number of methoxy groups -OCH3 is 4. The number of hydrogen-bond donors (Lipinski definition) is 2. The van der Waals surface area contributed by atoms with E-state index in [0.29, 0.717) is 5.56 Å². The Labute approximate surface area is 154 Å². The summed E-state index contributed by atoms with van der Waals surface area (Å²) in [5.41, 5.74) is -0.168. The molecule has 0 amide bonds. The Kier molecular flexibility index (Phi) is 4.72. The van der Waals surface area contributed by atoms with E-state index >= 15 is 0 Å². The molecule has 0 aliphatic heterocycles. The number of ether oxygens (including phenoxy) is 4. The van der Waals surface area contributed by atoms with Crippen LogP contribution in [-0.2, 0) is 0 Å². The summed E-state index contributed by atoms with van der Waals surface area (Å²) >= 11 is 0. The van der Waals surface area contributed by atoms with Crippen molar-refractivity contribution in [2.45, 2.75) is 0 Å². The average Bonchev–Trinajstić information content (AvgIpc) is 2.67. The molecule has 0 radical (unpaired) electrons. The zero-order valence-electron chi connectivity index (χ0n) is 15.2. The van der Waals surface area contributed by atoms with Gasteiger partial charge in [-0.05, 0) is 6.07 Å². The average molecular weight is 374 g/mol. The molecular weight excluding hydrogens is 356 g/mol. The zero-order valence-corrected chi connectivity index (χ0v) is 15.2. The van der Waals surface area contributed by atoms with Gasteiger partial charge in [-0.25, -0.2) is 0 Å². The highest BCUT2D eigenvalue weighted by Gasteiger charge is 2.27. The third-order valence-electron chi connectivity index (χ3n) is 4.16. The van der Waals surface area contributed by atoms with Gasteiger partial charge in [-0.15, -0.1) is 0 Å². The largest absolute Gasteiger partial charge is 0.504 e. The normalized spacial score (nSPS) is 10.7. The molecule has 1 heterocycles. The van der Waals surface area contributed by atoms with Gasteiger partial charge in [-0.2, -0.15) is 0 Å². The van der Waals surface area contributed by atoms with Crippen LogP contribution in [0.3, 0.4) is 0 Å². The fourth-order valence-corrected chi connectivity index (χ4v) is 2.97. The van der Waals surface area contributed by atoms with Crippen molar-refractivity contribution >= 4 is 11.0 Å². The number of fused-ring (bicyclic) bond motifs is 1. The molecule has 3 aromatic rings. The van der Waals surface area contributed by atoms with E-state index in [4.69, 9.17) is 23.4 Å². The first kappa shape index (κ1) is 18.2. The molecule has 142 valence electrons. The van der Waals surface area contributed by atoms with Crippen LogP contribution in [0.15, 0.2) is 33.7 Å². The second kappa shape index (κ2) is 6.99. The Bertz CT molecular complexity index is 1070. The molecule has 0 bridgehead atoms. The lowest BCUT2D eigenvalue weighted by Gasteiger charge is -2.16. The fourth-order valence-electron chi connectivity index (χ4n) is 2.97. The summed E-state index contributed by atoms with van der Waals surface area (Å²) in [6.07, 6.45) is 1.20. The maximum Gasteiger partial charge on any atom is 0.211 e. The standard InChI is InChI=1S/C19H18O8/c1-23-15-9(6-5-7-11(15)20)10-8-27-16-12(13(10)21)14(22)17(24-2)19(26-4)18(16)25-3/h5-8,20,22H,1-4H3. The van der Waals surface area contributed by atoms with Gasteiger partial charge in [0.1, 0.15) is 11.6 Å². The molecule has 0 spiro atoms. The van der Waals surface area contributed by atoms with Crippen LogP contribution in [0, 0.1) is 0 Å². The third-order valence-corrected chi connectivity index (χ3v) is 4.16. The predicted molar refractivity (Wildman–Crippen MR) is 97.5 cm³/mol.